The molecule has 5 fully saturated rings. The molecule has 1 atom stereocenters. The lowest BCUT2D eigenvalue weighted by atomic mass is 9.53. The number of amides is 2. The molecule has 138 valence electrons. The third-order valence-electron chi connectivity index (χ3n) is 7.13. The Balaban J connectivity index is 1.23. The maximum absolute atomic E-state index is 13.0. The van der Waals surface area contributed by atoms with Crippen LogP contribution >= 0.6 is 0 Å². The van der Waals surface area contributed by atoms with Crippen molar-refractivity contribution >= 4 is 11.8 Å². The number of nitrogens with one attached hydrogen (secondary N) is 1. The molecule has 1 aromatic heterocycles. The van der Waals surface area contributed by atoms with Crippen molar-refractivity contribution in [2.24, 2.45) is 23.7 Å². The summed E-state index contributed by atoms with van der Waals surface area (Å²) in [6, 6.07) is 3.85. The van der Waals surface area contributed by atoms with Crippen LogP contribution < -0.4 is 5.32 Å². The first-order chi connectivity index (χ1) is 12.6. The van der Waals surface area contributed by atoms with Crippen LogP contribution in [0.5, 0.6) is 0 Å². The molecule has 5 heteroatoms. The molecular weight excluding hydrogens is 326 g/mol. The molecule has 5 nitrogen and oxygen atoms in total. The predicted molar refractivity (Wildman–Crippen MR) is 96.8 cm³/mol. The van der Waals surface area contributed by atoms with E-state index in [1.807, 2.05) is 17.0 Å². The average molecular weight is 353 g/mol. The number of nitrogens with zero attached hydrogens (tertiary/aromatic N) is 2. The smallest absolute Gasteiger partial charge is 0.225 e. The number of rotatable bonds is 4. The molecule has 5 aliphatic rings. The summed E-state index contributed by atoms with van der Waals surface area (Å²) in [6.07, 6.45) is 11.4. The summed E-state index contributed by atoms with van der Waals surface area (Å²) >= 11 is 0. The molecule has 1 aliphatic heterocycles. The van der Waals surface area contributed by atoms with Crippen molar-refractivity contribution in [3.63, 3.8) is 0 Å². The molecule has 0 radical (unpaired) electrons. The first-order valence-electron chi connectivity index (χ1n) is 10.1. The minimum absolute atomic E-state index is 0.0351. The lowest BCUT2D eigenvalue weighted by molar-refractivity contribution is -0.132. The van der Waals surface area contributed by atoms with E-state index in [1.54, 1.807) is 12.4 Å². The molecule has 4 bridgehead atoms. The van der Waals surface area contributed by atoms with E-state index >= 15 is 0 Å². The maximum atomic E-state index is 13.0. The molecular formula is C21H27N3O2. The van der Waals surface area contributed by atoms with E-state index < -0.39 is 0 Å². The average Bonchev–Trinajstić information content (AvgIpc) is 2.95. The Bertz CT molecular complexity index is 682. The van der Waals surface area contributed by atoms with Gasteiger partial charge in [0.05, 0.1) is 5.92 Å². The van der Waals surface area contributed by atoms with Crippen LogP contribution in [0.15, 0.2) is 24.5 Å². The Labute approximate surface area is 154 Å². The molecule has 26 heavy (non-hydrogen) atoms. The minimum Gasteiger partial charge on any atom is -0.350 e. The second-order valence-corrected chi connectivity index (χ2v) is 9.22. The normalized spacial score (nSPS) is 38.0. The molecule has 0 spiro atoms. The van der Waals surface area contributed by atoms with Crippen molar-refractivity contribution < 1.29 is 9.59 Å². The van der Waals surface area contributed by atoms with E-state index in [0.29, 0.717) is 19.5 Å². The SMILES string of the molecule is O=C(NC12CC3CC(CC(C3)C1)C2)C1CC(=O)N(Cc2ccncc2)C1. The van der Waals surface area contributed by atoms with Crippen LogP contribution in [-0.4, -0.2) is 33.8 Å². The van der Waals surface area contributed by atoms with E-state index in [-0.39, 0.29) is 23.3 Å². The zero-order valence-electron chi connectivity index (χ0n) is 15.2. The Kier molecular flexibility index (Phi) is 3.80. The highest BCUT2D eigenvalue weighted by atomic mass is 16.2. The van der Waals surface area contributed by atoms with Crippen molar-refractivity contribution in [3.8, 4) is 0 Å². The Morgan fingerprint density at radius 3 is 2.35 bits per heavy atom. The van der Waals surface area contributed by atoms with Crippen LogP contribution in [0.25, 0.3) is 0 Å². The van der Waals surface area contributed by atoms with Gasteiger partial charge >= 0.3 is 0 Å². The van der Waals surface area contributed by atoms with Gasteiger partial charge < -0.3 is 10.2 Å². The zero-order chi connectivity index (χ0) is 17.7. The van der Waals surface area contributed by atoms with Gasteiger partial charge in [-0.25, -0.2) is 0 Å². The fourth-order valence-electron chi connectivity index (χ4n) is 6.44. The first kappa shape index (κ1) is 16.3. The largest absolute Gasteiger partial charge is 0.350 e. The van der Waals surface area contributed by atoms with Gasteiger partial charge in [0.1, 0.15) is 0 Å². The number of aromatic nitrogens is 1. The monoisotopic (exact) mass is 353 g/mol. The maximum Gasteiger partial charge on any atom is 0.225 e. The van der Waals surface area contributed by atoms with Crippen molar-refractivity contribution in [1.29, 1.82) is 0 Å². The van der Waals surface area contributed by atoms with Crippen molar-refractivity contribution in [1.82, 2.24) is 15.2 Å². The second-order valence-electron chi connectivity index (χ2n) is 9.22. The molecule has 0 aromatic carbocycles. The topological polar surface area (TPSA) is 62.3 Å². The van der Waals surface area contributed by atoms with E-state index in [1.165, 1.54) is 19.3 Å². The number of likely N-dealkylation sites (tertiary alicyclic amines) is 1. The number of hydrogen-bond donors (Lipinski definition) is 1. The fraction of sp³-hybridized carbons (Fsp3) is 0.667. The Hall–Kier alpha value is -1.91. The number of hydrogen-bond acceptors (Lipinski definition) is 3. The van der Waals surface area contributed by atoms with E-state index in [0.717, 1.165) is 42.6 Å². The van der Waals surface area contributed by atoms with Crippen molar-refractivity contribution in [3.05, 3.63) is 30.1 Å². The van der Waals surface area contributed by atoms with Crippen LogP contribution in [0.3, 0.4) is 0 Å². The van der Waals surface area contributed by atoms with Crippen LogP contribution in [0.4, 0.5) is 0 Å². The second kappa shape index (κ2) is 6.07. The van der Waals surface area contributed by atoms with Gasteiger partial charge in [0.2, 0.25) is 11.8 Å². The van der Waals surface area contributed by atoms with Gasteiger partial charge in [-0.15, -0.1) is 0 Å². The molecule has 1 aromatic rings. The third-order valence-corrected chi connectivity index (χ3v) is 7.13. The molecule has 2 amide bonds. The van der Waals surface area contributed by atoms with Gasteiger partial charge in [-0.1, -0.05) is 0 Å². The highest BCUT2D eigenvalue weighted by Crippen LogP contribution is 2.55. The lowest BCUT2D eigenvalue weighted by Gasteiger charge is -2.57. The summed E-state index contributed by atoms with van der Waals surface area (Å²) in [5.74, 6) is 2.45. The minimum atomic E-state index is -0.197. The number of carbonyl (C=O) groups excluding carboxylic acids is 2. The predicted octanol–water partition coefficient (Wildman–Crippen LogP) is 2.52. The molecule has 4 aliphatic carbocycles. The van der Waals surface area contributed by atoms with Crippen LogP contribution in [0, 0.1) is 23.7 Å². The van der Waals surface area contributed by atoms with Crippen LogP contribution in [-0.2, 0) is 16.1 Å². The highest BCUT2D eigenvalue weighted by molar-refractivity contribution is 5.89. The first-order valence-corrected chi connectivity index (χ1v) is 10.1. The van der Waals surface area contributed by atoms with Crippen LogP contribution in [0.1, 0.15) is 50.5 Å². The Morgan fingerprint density at radius 1 is 1.12 bits per heavy atom. The molecule has 4 saturated carbocycles. The molecule has 1 unspecified atom stereocenters. The zero-order valence-corrected chi connectivity index (χ0v) is 15.2. The third kappa shape index (κ3) is 2.91. The summed E-state index contributed by atoms with van der Waals surface area (Å²) in [5.41, 5.74) is 1.10. The van der Waals surface area contributed by atoms with Gasteiger partial charge in [0.25, 0.3) is 0 Å². The van der Waals surface area contributed by atoms with Crippen LogP contribution in [0.2, 0.25) is 0 Å². The standard InChI is InChI=1S/C21H27N3O2/c25-19-8-18(13-24(19)12-14-1-3-22-4-2-14)20(26)23-21-9-15-5-16(10-21)7-17(6-15)11-21/h1-4,15-18H,5-13H2,(H,23,26). The van der Waals surface area contributed by atoms with E-state index in [4.69, 9.17) is 0 Å². The quantitative estimate of drug-likeness (QED) is 0.905. The molecule has 1 N–H and O–H groups in total. The summed E-state index contributed by atoms with van der Waals surface area (Å²) in [7, 11) is 0. The van der Waals surface area contributed by atoms with Gasteiger partial charge in [0, 0.05) is 37.4 Å². The van der Waals surface area contributed by atoms with E-state index in [9.17, 15) is 9.59 Å². The van der Waals surface area contributed by atoms with Gasteiger partial charge in [0.15, 0.2) is 0 Å². The van der Waals surface area contributed by atoms with Gasteiger partial charge in [-0.2, -0.15) is 0 Å². The van der Waals surface area contributed by atoms with Crippen molar-refractivity contribution in [2.45, 2.75) is 57.0 Å². The number of pyridine rings is 1. The summed E-state index contributed by atoms with van der Waals surface area (Å²) in [4.78, 5) is 31.2. The van der Waals surface area contributed by atoms with E-state index in [2.05, 4.69) is 10.3 Å². The summed E-state index contributed by atoms with van der Waals surface area (Å²) < 4.78 is 0. The molecule has 1 saturated heterocycles. The van der Waals surface area contributed by atoms with Gasteiger partial charge in [-0.3, -0.25) is 14.6 Å². The fourth-order valence-corrected chi connectivity index (χ4v) is 6.44. The molecule has 2 heterocycles. The number of carbonyl (C=O) groups is 2. The Morgan fingerprint density at radius 2 is 1.73 bits per heavy atom. The van der Waals surface area contributed by atoms with Gasteiger partial charge in [-0.05, 0) is 74.0 Å². The van der Waals surface area contributed by atoms with Crippen molar-refractivity contribution in [2.75, 3.05) is 6.54 Å². The summed E-state index contributed by atoms with van der Waals surface area (Å²) in [6.45, 7) is 1.11. The summed E-state index contributed by atoms with van der Waals surface area (Å²) in [5, 5.41) is 3.44. The highest BCUT2D eigenvalue weighted by Gasteiger charge is 2.52. The lowest BCUT2D eigenvalue weighted by Crippen LogP contribution is -2.60. The molecule has 6 rings (SSSR count).